The Morgan fingerprint density at radius 3 is 2.41 bits per heavy atom. The zero-order valence-corrected chi connectivity index (χ0v) is 15.3. The Kier molecular flexibility index (Phi) is 5.53. The van der Waals surface area contributed by atoms with E-state index < -0.39 is 0 Å². The van der Waals surface area contributed by atoms with E-state index in [0.717, 1.165) is 16.9 Å². The SMILES string of the molecule is CN(C)C(=O)/C(C#N)=C\c1ccc(OCc2ccc3ccccc3c2)cc1. The Morgan fingerprint density at radius 2 is 1.74 bits per heavy atom. The monoisotopic (exact) mass is 356 g/mol. The average molecular weight is 356 g/mol. The van der Waals surface area contributed by atoms with Gasteiger partial charge >= 0.3 is 0 Å². The lowest BCUT2D eigenvalue weighted by atomic mass is 10.1. The van der Waals surface area contributed by atoms with Crippen molar-refractivity contribution in [3.05, 3.63) is 83.4 Å². The number of nitriles is 1. The molecule has 0 saturated carbocycles. The Labute approximate surface area is 158 Å². The van der Waals surface area contributed by atoms with Crippen LogP contribution in [0.1, 0.15) is 11.1 Å². The molecule has 0 saturated heterocycles. The molecule has 0 aliphatic heterocycles. The molecule has 0 radical (unpaired) electrons. The van der Waals surface area contributed by atoms with Crippen molar-refractivity contribution in [3.8, 4) is 11.8 Å². The van der Waals surface area contributed by atoms with Gasteiger partial charge in [-0.15, -0.1) is 0 Å². The fraction of sp³-hybridized carbons (Fsp3) is 0.130. The molecule has 0 aromatic heterocycles. The highest BCUT2D eigenvalue weighted by Crippen LogP contribution is 2.19. The molecule has 0 aliphatic carbocycles. The first-order valence-electron chi connectivity index (χ1n) is 8.61. The van der Waals surface area contributed by atoms with Gasteiger partial charge in [-0.2, -0.15) is 5.26 Å². The third-order valence-corrected chi connectivity index (χ3v) is 4.17. The molecule has 0 spiro atoms. The minimum absolute atomic E-state index is 0.102. The second-order valence-electron chi connectivity index (χ2n) is 6.41. The molecule has 0 aliphatic rings. The number of ether oxygens (including phenoxy) is 1. The van der Waals surface area contributed by atoms with Gasteiger partial charge in [-0.1, -0.05) is 48.5 Å². The van der Waals surface area contributed by atoms with E-state index in [1.54, 1.807) is 20.2 Å². The minimum Gasteiger partial charge on any atom is -0.489 e. The molecule has 1 amide bonds. The fourth-order valence-electron chi connectivity index (χ4n) is 2.70. The number of hydrogen-bond acceptors (Lipinski definition) is 3. The van der Waals surface area contributed by atoms with Crippen LogP contribution in [0.15, 0.2) is 72.3 Å². The predicted molar refractivity (Wildman–Crippen MR) is 107 cm³/mol. The molecule has 0 unspecified atom stereocenters. The molecule has 0 heterocycles. The Balaban J connectivity index is 1.68. The van der Waals surface area contributed by atoms with Crippen LogP contribution in [0.3, 0.4) is 0 Å². The van der Waals surface area contributed by atoms with Crippen LogP contribution in [0.25, 0.3) is 16.8 Å². The van der Waals surface area contributed by atoms with E-state index in [9.17, 15) is 4.79 Å². The molecule has 4 nitrogen and oxygen atoms in total. The molecule has 3 aromatic rings. The van der Waals surface area contributed by atoms with Gasteiger partial charge in [0, 0.05) is 14.1 Å². The molecule has 0 bridgehead atoms. The van der Waals surface area contributed by atoms with Gasteiger partial charge in [0.2, 0.25) is 0 Å². The van der Waals surface area contributed by atoms with Gasteiger partial charge < -0.3 is 9.64 Å². The van der Waals surface area contributed by atoms with Gasteiger partial charge in [-0.05, 0) is 46.2 Å². The molecule has 0 atom stereocenters. The molecular formula is C23H20N2O2. The van der Waals surface area contributed by atoms with Gasteiger partial charge in [0.25, 0.3) is 5.91 Å². The summed E-state index contributed by atoms with van der Waals surface area (Å²) < 4.78 is 5.85. The van der Waals surface area contributed by atoms with Crippen LogP contribution < -0.4 is 4.74 Å². The zero-order chi connectivity index (χ0) is 19.2. The first-order valence-corrected chi connectivity index (χ1v) is 8.61. The summed E-state index contributed by atoms with van der Waals surface area (Å²) in [6.07, 6.45) is 1.58. The van der Waals surface area contributed by atoms with E-state index in [2.05, 4.69) is 30.3 Å². The zero-order valence-electron chi connectivity index (χ0n) is 15.3. The van der Waals surface area contributed by atoms with Crippen LogP contribution in [0.4, 0.5) is 0 Å². The van der Waals surface area contributed by atoms with Crippen LogP contribution in [-0.4, -0.2) is 24.9 Å². The van der Waals surface area contributed by atoms with Crippen LogP contribution in [0.5, 0.6) is 5.75 Å². The van der Waals surface area contributed by atoms with Crippen molar-refractivity contribution in [2.75, 3.05) is 14.1 Å². The molecule has 4 heteroatoms. The Morgan fingerprint density at radius 1 is 1.04 bits per heavy atom. The smallest absolute Gasteiger partial charge is 0.264 e. The summed E-state index contributed by atoms with van der Waals surface area (Å²) in [6.45, 7) is 0.475. The van der Waals surface area contributed by atoms with E-state index >= 15 is 0 Å². The maximum Gasteiger partial charge on any atom is 0.264 e. The van der Waals surface area contributed by atoms with Gasteiger partial charge in [0.15, 0.2) is 0 Å². The second kappa shape index (κ2) is 8.20. The number of likely N-dealkylation sites (N-methyl/N-ethyl adjacent to an activating group) is 1. The summed E-state index contributed by atoms with van der Waals surface area (Å²) in [4.78, 5) is 13.3. The highest BCUT2D eigenvalue weighted by molar-refractivity contribution is 6.01. The average Bonchev–Trinajstić information content (AvgIpc) is 2.70. The molecule has 3 rings (SSSR count). The normalized spacial score (nSPS) is 11.1. The van der Waals surface area contributed by atoms with Gasteiger partial charge in [0.05, 0.1) is 0 Å². The highest BCUT2D eigenvalue weighted by atomic mass is 16.5. The lowest BCUT2D eigenvalue weighted by Crippen LogP contribution is -2.22. The number of amides is 1. The second-order valence-corrected chi connectivity index (χ2v) is 6.41. The molecule has 3 aromatic carbocycles. The molecule has 0 fully saturated rings. The van der Waals surface area contributed by atoms with Crippen LogP contribution in [-0.2, 0) is 11.4 Å². The van der Waals surface area contributed by atoms with E-state index in [1.807, 2.05) is 42.5 Å². The van der Waals surface area contributed by atoms with Crippen molar-refractivity contribution in [2.45, 2.75) is 6.61 Å². The van der Waals surface area contributed by atoms with Crippen LogP contribution >= 0.6 is 0 Å². The van der Waals surface area contributed by atoms with Crippen molar-refractivity contribution in [1.29, 1.82) is 5.26 Å². The van der Waals surface area contributed by atoms with Crippen molar-refractivity contribution < 1.29 is 9.53 Å². The van der Waals surface area contributed by atoms with Crippen LogP contribution in [0.2, 0.25) is 0 Å². The van der Waals surface area contributed by atoms with Crippen molar-refractivity contribution in [3.63, 3.8) is 0 Å². The van der Waals surface area contributed by atoms with Crippen molar-refractivity contribution in [2.24, 2.45) is 0 Å². The first kappa shape index (κ1) is 18.2. The molecule has 134 valence electrons. The molecule has 0 N–H and O–H groups in total. The third kappa shape index (κ3) is 4.53. The molecule has 27 heavy (non-hydrogen) atoms. The minimum atomic E-state index is -0.311. The van der Waals surface area contributed by atoms with E-state index in [1.165, 1.54) is 15.7 Å². The highest BCUT2D eigenvalue weighted by Gasteiger charge is 2.10. The predicted octanol–water partition coefficient (Wildman–Crippen LogP) is 4.41. The van der Waals surface area contributed by atoms with Gasteiger partial charge in [-0.25, -0.2) is 0 Å². The van der Waals surface area contributed by atoms with E-state index in [-0.39, 0.29) is 11.5 Å². The Bertz CT molecular complexity index is 1030. The summed E-state index contributed by atoms with van der Waals surface area (Å²) >= 11 is 0. The lowest BCUT2D eigenvalue weighted by molar-refractivity contribution is -0.124. The number of fused-ring (bicyclic) bond motifs is 1. The number of rotatable bonds is 5. The number of carbonyl (C=O) groups excluding carboxylic acids is 1. The number of nitrogens with zero attached hydrogens (tertiary/aromatic N) is 2. The van der Waals surface area contributed by atoms with Gasteiger partial charge in [-0.3, -0.25) is 4.79 Å². The quantitative estimate of drug-likeness (QED) is 0.502. The molecular weight excluding hydrogens is 336 g/mol. The van der Waals surface area contributed by atoms with E-state index in [4.69, 9.17) is 10.00 Å². The summed E-state index contributed by atoms with van der Waals surface area (Å²) in [5, 5.41) is 11.6. The lowest BCUT2D eigenvalue weighted by Gasteiger charge is -2.09. The summed E-state index contributed by atoms with van der Waals surface area (Å²) in [5.74, 6) is 0.423. The summed E-state index contributed by atoms with van der Waals surface area (Å²) in [6, 6.07) is 23.8. The maximum atomic E-state index is 11.9. The topological polar surface area (TPSA) is 53.3 Å². The summed E-state index contributed by atoms with van der Waals surface area (Å²) in [5.41, 5.74) is 1.98. The van der Waals surface area contributed by atoms with Crippen molar-refractivity contribution in [1.82, 2.24) is 4.90 Å². The summed E-state index contributed by atoms with van der Waals surface area (Å²) in [7, 11) is 3.24. The number of hydrogen-bond donors (Lipinski definition) is 0. The third-order valence-electron chi connectivity index (χ3n) is 4.17. The van der Waals surface area contributed by atoms with Crippen molar-refractivity contribution >= 4 is 22.8 Å². The number of benzene rings is 3. The standard InChI is InChI=1S/C23H20N2O2/c1-25(2)23(26)21(15-24)13-17-8-11-22(12-9-17)27-16-18-7-10-19-5-3-4-6-20(19)14-18/h3-14H,16H2,1-2H3/b21-13-. The largest absolute Gasteiger partial charge is 0.489 e. The van der Waals surface area contributed by atoms with Crippen LogP contribution in [0, 0.1) is 11.3 Å². The fourth-order valence-corrected chi connectivity index (χ4v) is 2.70. The van der Waals surface area contributed by atoms with Gasteiger partial charge in [0.1, 0.15) is 24.0 Å². The maximum absolute atomic E-state index is 11.9. The van der Waals surface area contributed by atoms with E-state index in [0.29, 0.717) is 6.61 Å². The number of carbonyl (C=O) groups is 1. The first-order chi connectivity index (χ1) is 13.1. The Hall–Kier alpha value is -3.58.